The van der Waals surface area contributed by atoms with Crippen LogP contribution in [0.15, 0.2) is 85.1 Å². The van der Waals surface area contributed by atoms with Crippen molar-refractivity contribution in [1.82, 2.24) is 15.6 Å². The summed E-state index contributed by atoms with van der Waals surface area (Å²) in [6, 6.07) is 24.9. The van der Waals surface area contributed by atoms with Crippen molar-refractivity contribution in [2.24, 2.45) is 5.92 Å². The lowest BCUT2D eigenvalue weighted by Crippen LogP contribution is -2.48. The molecule has 1 heterocycles. The molecule has 0 radical (unpaired) electrons. The molecule has 3 rings (SSSR count). The summed E-state index contributed by atoms with van der Waals surface area (Å²) in [6.45, 7) is 4.93. The molecule has 0 fully saturated rings. The fourth-order valence-corrected chi connectivity index (χ4v) is 4.85. The molecule has 2 aromatic carbocycles. The van der Waals surface area contributed by atoms with Gasteiger partial charge in [-0.25, -0.2) is 4.79 Å². The standard InChI is InChI=1S/C30H37N3O3S/c1-23(2)17-27(33-30(35)36-20-25-13-7-4-8-14-25)19-32-28(18-24-11-5-3-6-12-24)29(34)22-37-21-26-15-9-10-16-31-26/h3-16,23,27-28,32H,17-22H2,1-2H3,(H,33,35). The molecule has 6 nitrogen and oxygen atoms in total. The van der Waals surface area contributed by atoms with Gasteiger partial charge in [0.15, 0.2) is 5.78 Å². The minimum absolute atomic E-state index is 0.139. The van der Waals surface area contributed by atoms with Crippen LogP contribution in [0.4, 0.5) is 4.79 Å². The van der Waals surface area contributed by atoms with Crippen LogP contribution in [0.3, 0.4) is 0 Å². The lowest BCUT2D eigenvalue weighted by molar-refractivity contribution is -0.118. The van der Waals surface area contributed by atoms with Crippen LogP contribution >= 0.6 is 11.8 Å². The van der Waals surface area contributed by atoms with Gasteiger partial charge in [0.05, 0.1) is 17.5 Å². The molecule has 0 bridgehead atoms. The number of thioether (sulfide) groups is 1. The molecule has 3 aromatic rings. The summed E-state index contributed by atoms with van der Waals surface area (Å²) in [5, 5.41) is 6.45. The highest BCUT2D eigenvalue weighted by Crippen LogP contribution is 2.13. The number of Topliss-reactive ketones (excluding diaryl/α,β-unsaturated/α-hetero) is 1. The number of hydrogen-bond acceptors (Lipinski definition) is 6. The van der Waals surface area contributed by atoms with Crippen molar-refractivity contribution < 1.29 is 14.3 Å². The molecule has 0 spiro atoms. The molecule has 0 saturated heterocycles. The fraction of sp³-hybridized carbons (Fsp3) is 0.367. The van der Waals surface area contributed by atoms with E-state index in [9.17, 15) is 9.59 Å². The van der Waals surface area contributed by atoms with Crippen LogP contribution in [0, 0.1) is 5.92 Å². The number of alkyl carbamates (subject to hydrolysis) is 1. The number of amides is 1. The third-order valence-electron chi connectivity index (χ3n) is 5.79. The third kappa shape index (κ3) is 11.2. The van der Waals surface area contributed by atoms with Gasteiger partial charge in [-0.3, -0.25) is 9.78 Å². The fourth-order valence-electron chi connectivity index (χ4n) is 3.97. The van der Waals surface area contributed by atoms with Gasteiger partial charge < -0.3 is 15.4 Å². The van der Waals surface area contributed by atoms with Crippen LogP contribution < -0.4 is 10.6 Å². The molecule has 37 heavy (non-hydrogen) atoms. The summed E-state index contributed by atoms with van der Waals surface area (Å²) in [5.74, 6) is 1.59. The Labute approximate surface area is 224 Å². The number of nitrogens with zero attached hydrogens (tertiary/aromatic N) is 1. The maximum atomic E-state index is 13.2. The topological polar surface area (TPSA) is 80.3 Å². The lowest BCUT2D eigenvalue weighted by atomic mass is 10.0. The zero-order chi connectivity index (χ0) is 26.3. The molecule has 1 aromatic heterocycles. The lowest BCUT2D eigenvalue weighted by Gasteiger charge is -2.24. The second-order valence-electron chi connectivity index (χ2n) is 9.46. The van der Waals surface area contributed by atoms with Gasteiger partial charge in [-0.1, -0.05) is 80.6 Å². The molecule has 7 heteroatoms. The van der Waals surface area contributed by atoms with Crippen molar-refractivity contribution >= 4 is 23.6 Å². The molecular weight excluding hydrogens is 482 g/mol. The summed E-state index contributed by atoms with van der Waals surface area (Å²) in [6.07, 6.45) is 2.68. The largest absolute Gasteiger partial charge is 0.445 e. The molecule has 196 valence electrons. The van der Waals surface area contributed by atoms with E-state index in [4.69, 9.17) is 4.74 Å². The maximum absolute atomic E-state index is 13.2. The summed E-state index contributed by atoms with van der Waals surface area (Å²) in [5.41, 5.74) is 3.00. The Hall–Kier alpha value is -3.16. The van der Waals surface area contributed by atoms with Crippen molar-refractivity contribution in [3.05, 3.63) is 102 Å². The van der Waals surface area contributed by atoms with Crippen molar-refractivity contribution in [2.45, 2.75) is 51.1 Å². The number of hydrogen-bond donors (Lipinski definition) is 2. The van der Waals surface area contributed by atoms with Crippen LogP contribution in [0.5, 0.6) is 0 Å². The van der Waals surface area contributed by atoms with E-state index in [1.165, 1.54) is 0 Å². The van der Waals surface area contributed by atoms with Crippen molar-refractivity contribution in [3.63, 3.8) is 0 Å². The second kappa shape index (κ2) is 15.8. The highest BCUT2D eigenvalue weighted by molar-refractivity contribution is 7.99. The van der Waals surface area contributed by atoms with Gasteiger partial charge >= 0.3 is 6.09 Å². The van der Waals surface area contributed by atoms with Crippen LogP contribution in [0.2, 0.25) is 0 Å². The number of ether oxygens (including phenoxy) is 1. The Kier molecular flexibility index (Phi) is 12.2. The predicted molar refractivity (Wildman–Crippen MR) is 150 cm³/mol. The van der Waals surface area contributed by atoms with Crippen molar-refractivity contribution in [2.75, 3.05) is 12.3 Å². The normalized spacial score (nSPS) is 12.6. The molecule has 2 atom stereocenters. The van der Waals surface area contributed by atoms with E-state index < -0.39 is 6.09 Å². The Balaban J connectivity index is 1.57. The number of carbonyl (C=O) groups excluding carboxylic acids is 2. The number of aromatic nitrogens is 1. The Morgan fingerprint density at radius 1 is 0.919 bits per heavy atom. The number of benzene rings is 2. The molecule has 1 amide bonds. The van der Waals surface area contributed by atoms with Gasteiger partial charge in [-0.15, -0.1) is 11.8 Å². The average Bonchev–Trinajstić information content (AvgIpc) is 2.91. The summed E-state index contributed by atoms with van der Waals surface area (Å²) in [4.78, 5) is 30.1. The van der Waals surface area contributed by atoms with Gasteiger partial charge in [0, 0.05) is 24.5 Å². The van der Waals surface area contributed by atoms with Crippen LogP contribution in [0.1, 0.15) is 37.1 Å². The van der Waals surface area contributed by atoms with E-state index in [0.717, 1.165) is 23.2 Å². The first-order valence-corrected chi connectivity index (χ1v) is 13.9. The van der Waals surface area contributed by atoms with Crippen molar-refractivity contribution in [3.8, 4) is 0 Å². The third-order valence-corrected chi connectivity index (χ3v) is 6.78. The highest BCUT2D eigenvalue weighted by Gasteiger charge is 2.22. The summed E-state index contributed by atoms with van der Waals surface area (Å²) >= 11 is 1.57. The molecule has 0 aliphatic rings. The van der Waals surface area contributed by atoms with E-state index in [0.29, 0.717) is 30.4 Å². The van der Waals surface area contributed by atoms with E-state index in [-0.39, 0.29) is 24.5 Å². The van der Waals surface area contributed by atoms with Gasteiger partial charge in [0.25, 0.3) is 0 Å². The monoisotopic (exact) mass is 519 g/mol. The van der Waals surface area contributed by atoms with Crippen LogP contribution in [0.25, 0.3) is 0 Å². The average molecular weight is 520 g/mol. The van der Waals surface area contributed by atoms with E-state index in [2.05, 4.69) is 29.5 Å². The highest BCUT2D eigenvalue weighted by atomic mass is 32.2. The molecular formula is C30H37N3O3S. The van der Waals surface area contributed by atoms with Crippen LogP contribution in [-0.2, 0) is 28.3 Å². The van der Waals surface area contributed by atoms with Crippen molar-refractivity contribution in [1.29, 1.82) is 0 Å². The first-order chi connectivity index (χ1) is 18.0. The predicted octanol–water partition coefficient (Wildman–Crippen LogP) is 5.43. The maximum Gasteiger partial charge on any atom is 0.407 e. The number of carbonyl (C=O) groups is 2. The number of rotatable bonds is 15. The second-order valence-corrected chi connectivity index (χ2v) is 10.4. The Bertz CT molecular complexity index is 1070. The van der Waals surface area contributed by atoms with Gasteiger partial charge in [-0.2, -0.15) is 0 Å². The molecule has 0 aliphatic heterocycles. The van der Waals surface area contributed by atoms with E-state index in [1.807, 2.05) is 78.9 Å². The Morgan fingerprint density at radius 2 is 1.59 bits per heavy atom. The SMILES string of the molecule is CC(C)CC(CNC(Cc1ccccc1)C(=O)CSCc1ccccn1)NC(=O)OCc1ccccc1. The van der Waals surface area contributed by atoms with Gasteiger partial charge in [0.2, 0.25) is 0 Å². The molecule has 2 unspecified atom stereocenters. The molecule has 2 N–H and O–H groups in total. The quantitative estimate of drug-likeness (QED) is 0.279. The van der Waals surface area contributed by atoms with E-state index >= 15 is 0 Å². The smallest absolute Gasteiger partial charge is 0.407 e. The molecule has 0 aliphatic carbocycles. The molecule has 0 saturated carbocycles. The van der Waals surface area contributed by atoms with E-state index in [1.54, 1.807) is 18.0 Å². The summed E-state index contributed by atoms with van der Waals surface area (Å²) < 4.78 is 5.43. The number of pyridine rings is 1. The zero-order valence-corrected chi connectivity index (χ0v) is 22.5. The van der Waals surface area contributed by atoms with Gasteiger partial charge in [0.1, 0.15) is 6.61 Å². The van der Waals surface area contributed by atoms with Gasteiger partial charge in [-0.05, 0) is 42.0 Å². The van der Waals surface area contributed by atoms with Crippen LogP contribution in [-0.4, -0.2) is 41.2 Å². The first kappa shape index (κ1) is 28.4. The number of ketones is 1. The first-order valence-electron chi connectivity index (χ1n) is 12.7. The minimum atomic E-state index is -0.451. The minimum Gasteiger partial charge on any atom is -0.445 e. The number of nitrogens with one attached hydrogen (secondary N) is 2. The summed E-state index contributed by atoms with van der Waals surface area (Å²) in [7, 11) is 0. The Morgan fingerprint density at radius 3 is 2.24 bits per heavy atom. The zero-order valence-electron chi connectivity index (χ0n) is 21.6.